The maximum absolute atomic E-state index is 13.9. The number of pyridine rings is 1. The van der Waals surface area contributed by atoms with E-state index in [-0.39, 0.29) is 17.7 Å². The molecule has 1 fully saturated rings. The molecule has 6 nitrogen and oxygen atoms in total. The average molecular weight is 367 g/mol. The number of oxazole rings is 1. The SMILES string of the molecule is O=c1[nH]ccc2c3oc(NC4CCC(O)CC4)nc3c3ccc(F)cc3c12. The van der Waals surface area contributed by atoms with Crippen LogP contribution in [0, 0.1) is 5.82 Å². The summed E-state index contributed by atoms with van der Waals surface area (Å²) in [4.78, 5) is 19.7. The number of aromatic amines is 1. The van der Waals surface area contributed by atoms with Gasteiger partial charge in [0.1, 0.15) is 11.3 Å². The molecule has 0 unspecified atom stereocenters. The fourth-order valence-corrected chi connectivity index (χ4v) is 4.01. The van der Waals surface area contributed by atoms with E-state index in [0.717, 1.165) is 25.7 Å². The Balaban J connectivity index is 1.72. The molecule has 1 saturated carbocycles. The number of nitrogens with zero attached hydrogens (tertiary/aromatic N) is 1. The van der Waals surface area contributed by atoms with Crippen LogP contribution in [-0.4, -0.2) is 27.2 Å². The summed E-state index contributed by atoms with van der Waals surface area (Å²) < 4.78 is 19.8. The zero-order valence-corrected chi connectivity index (χ0v) is 14.5. The number of rotatable bonds is 2. The molecular formula is C20H18FN3O3. The van der Waals surface area contributed by atoms with E-state index in [4.69, 9.17) is 4.42 Å². The van der Waals surface area contributed by atoms with Crippen molar-refractivity contribution in [3.8, 4) is 0 Å². The first-order valence-electron chi connectivity index (χ1n) is 9.08. The van der Waals surface area contributed by atoms with Gasteiger partial charge in [0.15, 0.2) is 5.58 Å². The maximum Gasteiger partial charge on any atom is 0.295 e. The monoisotopic (exact) mass is 367 g/mol. The summed E-state index contributed by atoms with van der Waals surface area (Å²) in [5.74, 6) is -0.408. The molecule has 0 aliphatic heterocycles. The molecule has 7 heteroatoms. The fraction of sp³-hybridized carbons (Fsp3) is 0.300. The van der Waals surface area contributed by atoms with E-state index in [2.05, 4.69) is 15.3 Å². The average Bonchev–Trinajstić information content (AvgIpc) is 3.07. The Morgan fingerprint density at radius 3 is 2.78 bits per heavy atom. The summed E-state index contributed by atoms with van der Waals surface area (Å²) in [5, 5.41) is 15.1. The number of aliphatic hydroxyl groups excluding tert-OH is 1. The lowest BCUT2D eigenvalue weighted by atomic mass is 9.93. The third-order valence-electron chi connectivity index (χ3n) is 5.36. The van der Waals surface area contributed by atoms with E-state index in [1.807, 2.05) is 0 Å². The highest BCUT2D eigenvalue weighted by atomic mass is 19.1. The van der Waals surface area contributed by atoms with Crippen molar-refractivity contribution < 1.29 is 13.9 Å². The second-order valence-corrected chi connectivity index (χ2v) is 7.13. The molecule has 0 atom stereocenters. The molecule has 0 saturated heterocycles. The van der Waals surface area contributed by atoms with Crippen molar-refractivity contribution in [3.05, 3.63) is 46.6 Å². The molecule has 1 aliphatic rings. The van der Waals surface area contributed by atoms with Gasteiger partial charge in [-0.1, -0.05) is 0 Å². The van der Waals surface area contributed by atoms with Crippen LogP contribution >= 0.6 is 0 Å². The van der Waals surface area contributed by atoms with Crippen molar-refractivity contribution >= 4 is 38.7 Å². The van der Waals surface area contributed by atoms with Gasteiger partial charge in [-0.15, -0.1) is 0 Å². The van der Waals surface area contributed by atoms with E-state index >= 15 is 0 Å². The van der Waals surface area contributed by atoms with Crippen molar-refractivity contribution in [3.63, 3.8) is 0 Å². The van der Waals surface area contributed by atoms with Gasteiger partial charge in [0.05, 0.1) is 11.5 Å². The lowest BCUT2D eigenvalue weighted by molar-refractivity contribution is 0.125. The van der Waals surface area contributed by atoms with Gasteiger partial charge in [-0.3, -0.25) is 4.79 Å². The van der Waals surface area contributed by atoms with Crippen molar-refractivity contribution in [2.24, 2.45) is 0 Å². The summed E-state index contributed by atoms with van der Waals surface area (Å²) in [5.41, 5.74) is 0.812. The second kappa shape index (κ2) is 6.06. The van der Waals surface area contributed by atoms with Gasteiger partial charge in [0, 0.05) is 28.4 Å². The topological polar surface area (TPSA) is 91.2 Å². The first-order valence-corrected chi connectivity index (χ1v) is 9.08. The Morgan fingerprint density at radius 2 is 1.96 bits per heavy atom. The molecule has 2 heterocycles. The number of hydrogen-bond acceptors (Lipinski definition) is 5. The minimum absolute atomic E-state index is 0.180. The Bertz CT molecular complexity index is 1220. The Kier molecular flexibility index (Phi) is 3.65. The Labute approximate surface area is 153 Å². The molecular weight excluding hydrogens is 349 g/mol. The van der Waals surface area contributed by atoms with Gasteiger partial charge in [-0.25, -0.2) is 4.39 Å². The minimum atomic E-state index is -0.408. The summed E-state index contributed by atoms with van der Waals surface area (Å²) >= 11 is 0. The molecule has 0 radical (unpaired) electrons. The highest BCUT2D eigenvalue weighted by Crippen LogP contribution is 2.35. The Morgan fingerprint density at radius 1 is 1.15 bits per heavy atom. The third kappa shape index (κ3) is 2.66. The lowest BCUT2D eigenvalue weighted by Crippen LogP contribution is -2.28. The van der Waals surface area contributed by atoms with Crippen LogP contribution in [0.2, 0.25) is 0 Å². The fourth-order valence-electron chi connectivity index (χ4n) is 4.01. The zero-order chi connectivity index (χ0) is 18.5. The molecule has 0 bridgehead atoms. The van der Waals surface area contributed by atoms with Crippen LogP contribution < -0.4 is 10.9 Å². The van der Waals surface area contributed by atoms with E-state index in [9.17, 15) is 14.3 Å². The largest absolute Gasteiger partial charge is 0.423 e. The highest BCUT2D eigenvalue weighted by Gasteiger charge is 2.22. The molecule has 0 spiro atoms. The molecule has 138 valence electrons. The third-order valence-corrected chi connectivity index (χ3v) is 5.36. The van der Waals surface area contributed by atoms with Gasteiger partial charge in [0.2, 0.25) is 0 Å². The summed E-state index contributed by atoms with van der Waals surface area (Å²) in [6, 6.07) is 6.65. The standard InChI is InChI=1S/C20H18FN3O3/c21-10-1-6-13-15(9-10)16-14(7-8-22-19(16)26)18-17(13)24-20(27-18)23-11-2-4-12(25)5-3-11/h1,6-9,11-12,25H,2-5H2,(H,22,26)(H,23,24). The quantitative estimate of drug-likeness (QED) is 0.470. The second-order valence-electron chi connectivity index (χ2n) is 7.13. The molecule has 2 aromatic carbocycles. The van der Waals surface area contributed by atoms with E-state index in [1.165, 1.54) is 12.1 Å². The summed E-state index contributed by atoms with van der Waals surface area (Å²) in [7, 11) is 0. The molecule has 4 aromatic rings. The molecule has 27 heavy (non-hydrogen) atoms. The first kappa shape index (κ1) is 16.3. The van der Waals surface area contributed by atoms with Crippen LogP contribution in [0.15, 0.2) is 39.7 Å². The normalized spacial score (nSPS) is 20.5. The zero-order valence-electron chi connectivity index (χ0n) is 14.5. The van der Waals surface area contributed by atoms with Gasteiger partial charge in [-0.2, -0.15) is 4.98 Å². The number of halogens is 1. The molecule has 2 aromatic heterocycles. The van der Waals surface area contributed by atoms with Crippen LogP contribution in [0.3, 0.4) is 0 Å². The van der Waals surface area contributed by atoms with Crippen molar-refractivity contribution in [2.45, 2.75) is 37.8 Å². The summed E-state index contributed by atoms with van der Waals surface area (Å²) in [6.45, 7) is 0. The lowest BCUT2D eigenvalue weighted by Gasteiger charge is -2.25. The molecule has 3 N–H and O–H groups in total. The first-order chi connectivity index (χ1) is 13.1. The summed E-state index contributed by atoms with van der Waals surface area (Å²) in [6.07, 6.45) is 4.49. The van der Waals surface area contributed by atoms with Gasteiger partial charge < -0.3 is 19.8 Å². The molecule has 0 amide bonds. The number of H-pyrrole nitrogens is 1. The predicted octanol–water partition coefficient (Wildman–Crippen LogP) is 3.68. The number of aliphatic hydroxyl groups is 1. The van der Waals surface area contributed by atoms with E-state index in [1.54, 1.807) is 18.3 Å². The smallest absolute Gasteiger partial charge is 0.295 e. The minimum Gasteiger partial charge on any atom is -0.423 e. The van der Waals surface area contributed by atoms with Gasteiger partial charge in [-0.05, 0) is 49.9 Å². The van der Waals surface area contributed by atoms with Crippen LogP contribution in [0.25, 0.3) is 32.6 Å². The van der Waals surface area contributed by atoms with Crippen LogP contribution in [-0.2, 0) is 0 Å². The number of fused-ring (bicyclic) bond motifs is 6. The van der Waals surface area contributed by atoms with Crippen molar-refractivity contribution in [1.82, 2.24) is 9.97 Å². The maximum atomic E-state index is 13.9. The van der Waals surface area contributed by atoms with Crippen molar-refractivity contribution in [1.29, 1.82) is 0 Å². The van der Waals surface area contributed by atoms with Crippen LogP contribution in [0.5, 0.6) is 0 Å². The van der Waals surface area contributed by atoms with Gasteiger partial charge >= 0.3 is 0 Å². The number of anilines is 1. The van der Waals surface area contributed by atoms with Gasteiger partial charge in [0.25, 0.3) is 11.6 Å². The number of hydrogen-bond donors (Lipinski definition) is 3. The number of nitrogens with one attached hydrogen (secondary N) is 2. The molecule has 5 rings (SSSR count). The van der Waals surface area contributed by atoms with Crippen LogP contribution in [0.4, 0.5) is 10.4 Å². The van der Waals surface area contributed by atoms with E-state index < -0.39 is 5.82 Å². The van der Waals surface area contributed by atoms with Crippen molar-refractivity contribution in [2.75, 3.05) is 5.32 Å². The Hall–Kier alpha value is -2.93. The van der Waals surface area contributed by atoms with Crippen LogP contribution in [0.1, 0.15) is 25.7 Å². The highest BCUT2D eigenvalue weighted by molar-refractivity contribution is 6.22. The molecule has 1 aliphatic carbocycles. The number of benzene rings is 2. The predicted molar refractivity (Wildman–Crippen MR) is 101 cm³/mol. The van der Waals surface area contributed by atoms with E-state index in [0.29, 0.717) is 38.7 Å². The number of aromatic nitrogens is 2.